The number of aryl methyl sites for hydroxylation is 2. The minimum Gasteiger partial charge on any atom is -0.454 e. The van der Waals surface area contributed by atoms with E-state index in [1.807, 2.05) is 18.2 Å². The molecule has 0 saturated carbocycles. The maximum absolute atomic E-state index is 13.5. The number of amides is 1. The fraction of sp³-hybridized carbons (Fsp3) is 0.400. The lowest BCUT2D eigenvalue weighted by molar-refractivity contribution is -0.121. The molecule has 3 aromatic rings. The average Bonchev–Trinajstić information content (AvgIpc) is 3.53. The molecule has 5 rings (SSSR count). The predicted octanol–water partition coefficient (Wildman–Crippen LogP) is 3.71. The van der Waals surface area contributed by atoms with Crippen molar-refractivity contribution in [3.8, 4) is 22.9 Å². The van der Waals surface area contributed by atoms with Crippen molar-refractivity contribution in [2.24, 2.45) is 0 Å². The largest absolute Gasteiger partial charge is 0.454 e. The van der Waals surface area contributed by atoms with Crippen LogP contribution in [0.1, 0.15) is 36.3 Å². The van der Waals surface area contributed by atoms with Crippen molar-refractivity contribution in [1.82, 2.24) is 15.5 Å². The number of benzene rings is 2. The Hall–Kier alpha value is -3.46. The number of rotatable bonds is 7. The van der Waals surface area contributed by atoms with Crippen LogP contribution in [0.3, 0.4) is 0 Å². The Labute approximate surface area is 196 Å². The zero-order chi connectivity index (χ0) is 23.5. The number of halogens is 1. The molecule has 3 heterocycles. The Bertz CT molecular complexity index is 1190. The molecular weight excluding hydrogens is 441 g/mol. The van der Waals surface area contributed by atoms with Gasteiger partial charge in [0.15, 0.2) is 11.5 Å². The molecule has 2 aliphatic heterocycles. The minimum atomic E-state index is -0.285. The Morgan fingerprint density at radius 1 is 1.12 bits per heavy atom. The van der Waals surface area contributed by atoms with E-state index in [2.05, 4.69) is 15.5 Å². The van der Waals surface area contributed by atoms with E-state index in [-0.39, 0.29) is 30.4 Å². The predicted molar refractivity (Wildman–Crippen MR) is 120 cm³/mol. The van der Waals surface area contributed by atoms with E-state index in [4.69, 9.17) is 18.7 Å². The van der Waals surface area contributed by atoms with Crippen LogP contribution < -0.4 is 14.8 Å². The molecule has 0 bridgehead atoms. The Kier molecular flexibility index (Phi) is 6.19. The Morgan fingerprint density at radius 2 is 1.94 bits per heavy atom. The summed E-state index contributed by atoms with van der Waals surface area (Å²) in [4.78, 5) is 17.0. The highest BCUT2D eigenvalue weighted by molar-refractivity contribution is 5.76. The molecule has 0 aliphatic carbocycles. The van der Waals surface area contributed by atoms with Crippen LogP contribution in [0.25, 0.3) is 11.4 Å². The summed E-state index contributed by atoms with van der Waals surface area (Å²) in [6.07, 6.45) is 2.14. The summed E-state index contributed by atoms with van der Waals surface area (Å²) in [5.74, 6) is 1.84. The van der Waals surface area contributed by atoms with Crippen LogP contribution in [0, 0.1) is 12.7 Å². The molecule has 0 radical (unpaired) electrons. The molecule has 34 heavy (non-hydrogen) atoms. The van der Waals surface area contributed by atoms with Crippen molar-refractivity contribution in [3.05, 3.63) is 59.2 Å². The van der Waals surface area contributed by atoms with Crippen molar-refractivity contribution in [2.45, 2.75) is 38.0 Å². The van der Waals surface area contributed by atoms with E-state index >= 15 is 0 Å². The van der Waals surface area contributed by atoms with Gasteiger partial charge < -0.3 is 24.1 Å². The van der Waals surface area contributed by atoms with E-state index in [0.29, 0.717) is 49.0 Å². The van der Waals surface area contributed by atoms with E-state index in [1.54, 1.807) is 19.1 Å². The summed E-state index contributed by atoms with van der Waals surface area (Å²) in [5.41, 5.74) is 2.06. The minimum absolute atomic E-state index is 0.0935. The molecular formula is C25H26FN3O5. The van der Waals surface area contributed by atoms with E-state index in [9.17, 15) is 9.18 Å². The standard InChI is InChI=1S/C25H26FN3O5/c1-16-12-17(2-4-19(16)26)24-28-23(34-29-24)7-6-22(30)27-14-25(8-10-31-11-9-25)18-3-5-20-21(13-18)33-15-32-20/h2-5,12-13H,6-11,14-15H2,1H3,(H,27,30). The highest BCUT2D eigenvalue weighted by Crippen LogP contribution is 2.40. The molecule has 1 amide bonds. The number of nitrogens with one attached hydrogen (secondary N) is 1. The van der Waals surface area contributed by atoms with Gasteiger partial charge in [-0.1, -0.05) is 11.2 Å². The van der Waals surface area contributed by atoms with Crippen molar-refractivity contribution < 1.29 is 27.9 Å². The van der Waals surface area contributed by atoms with Gasteiger partial charge in [-0.3, -0.25) is 4.79 Å². The summed E-state index contributed by atoms with van der Waals surface area (Å²) in [6, 6.07) is 10.6. The first-order valence-electron chi connectivity index (χ1n) is 11.4. The summed E-state index contributed by atoms with van der Waals surface area (Å²) in [6.45, 7) is 3.68. The third kappa shape index (κ3) is 4.61. The van der Waals surface area contributed by atoms with Gasteiger partial charge in [-0.05, 0) is 61.2 Å². The van der Waals surface area contributed by atoms with E-state index < -0.39 is 0 Å². The molecule has 0 spiro atoms. The fourth-order valence-corrected chi connectivity index (χ4v) is 4.39. The topological polar surface area (TPSA) is 95.7 Å². The van der Waals surface area contributed by atoms with Crippen molar-refractivity contribution >= 4 is 5.91 Å². The zero-order valence-electron chi connectivity index (χ0n) is 18.9. The van der Waals surface area contributed by atoms with Crippen LogP contribution in [0.4, 0.5) is 4.39 Å². The van der Waals surface area contributed by atoms with Gasteiger partial charge in [0.25, 0.3) is 0 Å². The van der Waals surface area contributed by atoms with Gasteiger partial charge in [0.05, 0.1) is 0 Å². The molecule has 1 fully saturated rings. The number of fused-ring (bicyclic) bond motifs is 1. The maximum Gasteiger partial charge on any atom is 0.231 e. The summed E-state index contributed by atoms with van der Waals surface area (Å²) < 4.78 is 35.4. The van der Waals surface area contributed by atoms with Gasteiger partial charge in [0.2, 0.25) is 24.4 Å². The van der Waals surface area contributed by atoms with E-state index in [1.165, 1.54) is 6.07 Å². The first kappa shape index (κ1) is 22.3. The van der Waals surface area contributed by atoms with Gasteiger partial charge in [0, 0.05) is 43.6 Å². The molecule has 9 heteroatoms. The third-order valence-electron chi connectivity index (χ3n) is 6.51. The molecule has 8 nitrogen and oxygen atoms in total. The van der Waals surface area contributed by atoms with E-state index in [0.717, 1.165) is 29.9 Å². The summed E-state index contributed by atoms with van der Waals surface area (Å²) >= 11 is 0. The van der Waals surface area contributed by atoms with Crippen molar-refractivity contribution in [2.75, 3.05) is 26.6 Å². The summed E-state index contributed by atoms with van der Waals surface area (Å²) in [7, 11) is 0. The number of hydrogen-bond acceptors (Lipinski definition) is 7. The van der Waals surface area contributed by atoms with Gasteiger partial charge in [-0.2, -0.15) is 4.98 Å². The molecule has 0 atom stereocenters. The van der Waals surface area contributed by atoms with Crippen LogP contribution in [0.2, 0.25) is 0 Å². The molecule has 0 unspecified atom stereocenters. The Morgan fingerprint density at radius 3 is 2.76 bits per heavy atom. The molecule has 2 aromatic carbocycles. The van der Waals surface area contributed by atoms with Crippen molar-refractivity contribution in [1.29, 1.82) is 0 Å². The molecule has 1 saturated heterocycles. The number of ether oxygens (including phenoxy) is 3. The normalized spacial score (nSPS) is 16.4. The second kappa shape index (κ2) is 9.42. The number of hydrogen-bond donors (Lipinski definition) is 1. The van der Waals surface area contributed by atoms with Gasteiger partial charge in [-0.15, -0.1) is 0 Å². The molecule has 1 aromatic heterocycles. The quantitative estimate of drug-likeness (QED) is 0.566. The van der Waals surface area contributed by atoms with Gasteiger partial charge in [-0.25, -0.2) is 4.39 Å². The second-order valence-corrected chi connectivity index (χ2v) is 8.71. The first-order valence-corrected chi connectivity index (χ1v) is 11.4. The van der Waals surface area contributed by atoms with Gasteiger partial charge in [0.1, 0.15) is 5.82 Å². The van der Waals surface area contributed by atoms with Crippen LogP contribution >= 0.6 is 0 Å². The maximum atomic E-state index is 13.5. The number of carbonyl (C=O) groups is 1. The second-order valence-electron chi connectivity index (χ2n) is 8.71. The Balaban J connectivity index is 1.20. The number of carbonyl (C=O) groups excluding carboxylic acids is 1. The molecule has 178 valence electrons. The highest BCUT2D eigenvalue weighted by Gasteiger charge is 2.36. The monoisotopic (exact) mass is 467 g/mol. The molecule has 1 N–H and O–H groups in total. The van der Waals surface area contributed by atoms with Crippen LogP contribution in [0.5, 0.6) is 11.5 Å². The average molecular weight is 467 g/mol. The first-order chi connectivity index (χ1) is 16.5. The third-order valence-corrected chi connectivity index (χ3v) is 6.51. The smallest absolute Gasteiger partial charge is 0.231 e. The lowest BCUT2D eigenvalue weighted by atomic mass is 9.74. The summed E-state index contributed by atoms with van der Waals surface area (Å²) in [5, 5.41) is 7.04. The fourth-order valence-electron chi connectivity index (χ4n) is 4.39. The lowest BCUT2D eigenvalue weighted by Gasteiger charge is -2.38. The number of nitrogens with zero attached hydrogens (tertiary/aromatic N) is 2. The number of aromatic nitrogens is 2. The van der Waals surface area contributed by atoms with Crippen LogP contribution in [-0.2, 0) is 21.4 Å². The zero-order valence-corrected chi connectivity index (χ0v) is 18.9. The SMILES string of the molecule is Cc1cc(-c2noc(CCC(=O)NCC3(c4ccc5c(c4)OCO5)CCOCC3)n2)ccc1F. The van der Waals surface area contributed by atoms with Crippen LogP contribution in [0.15, 0.2) is 40.9 Å². The lowest BCUT2D eigenvalue weighted by Crippen LogP contribution is -2.44. The highest BCUT2D eigenvalue weighted by atomic mass is 19.1. The van der Waals surface area contributed by atoms with Crippen LogP contribution in [-0.4, -0.2) is 42.6 Å². The van der Waals surface area contributed by atoms with Gasteiger partial charge >= 0.3 is 0 Å². The molecule has 2 aliphatic rings. The van der Waals surface area contributed by atoms with Crippen molar-refractivity contribution in [3.63, 3.8) is 0 Å².